The first-order valence-electron chi connectivity index (χ1n) is 6.72. The number of aliphatic imine (C=N–C) groups is 1. The van der Waals surface area contributed by atoms with Gasteiger partial charge in [0.1, 0.15) is 0 Å². The lowest BCUT2D eigenvalue weighted by Crippen LogP contribution is -2.41. The normalized spacial score (nSPS) is 25.6. The smallest absolute Gasteiger partial charge is 0.249 e. The zero-order chi connectivity index (χ0) is 12.8. The Morgan fingerprint density at radius 1 is 1.28 bits per heavy atom. The third kappa shape index (κ3) is 4.02. The van der Waals surface area contributed by atoms with Crippen LogP contribution in [-0.2, 0) is 4.79 Å². The van der Waals surface area contributed by atoms with Gasteiger partial charge in [-0.2, -0.15) is 0 Å². The molecule has 1 amide bonds. The molecule has 1 fully saturated rings. The molecule has 18 heavy (non-hydrogen) atoms. The lowest BCUT2D eigenvalue weighted by Gasteiger charge is -2.22. The van der Waals surface area contributed by atoms with Crippen molar-refractivity contribution >= 4 is 22.8 Å². The fraction of sp³-hybridized carbons (Fsp3) is 0.692. The molecule has 0 aromatic carbocycles. The summed E-state index contributed by atoms with van der Waals surface area (Å²) in [5, 5.41) is 6.11. The molecule has 0 bridgehead atoms. The van der Waals surface area contributed by atoms with Gasteiger partial charge >= 0.3 is 0 Å². The summed E-state index contributed by atoms with van der Waals surface area (Å²) in [6.45, 7) is 0. The van der Waals surface area contributed by atoms with Crippen LogP contribution in [0.15, 0.2) is 17.3 Å². The van der Waals surface area contributed by atoms with Crippen molar-refractivity contribution < 1.29 is 4.79 Å². The van der Waals surface area contributed by atoms with Crippen LogP contribution >= 0.6 is 11.6 Å². The molecular formula is C13H20ClN3O. The fourth-order valence-corrected chi connectivity index (χ4v) is 2.61. The first-order valence-corrected chi connectivity index (χ1v) is 7.10. The molecule has 2 N–H and O–H groups in total. The van der Waals surface area contributed by atoms with Crippen LogP contribution in [0.2, 0.25) is 0 Å². The highest BCUT2D eigenvalue weighted by molar-refractivity contribution is 6.65. The van der Waals surface area contributed by atoms with E-state index in [1.165, 1.54) is 32.1 Å². The second-order valence-corrected chi connectivity index (χ2v) is 5.28. The third-order valence-electron chi connectivity index (χ3n) is 3.45. The Bertz CT molecular complexity index is 346. The van der Waals surface area contributed by atoms with Gasteiger partial charge in [-0.05, 0) is 30.5 Å². The average Bonchev–Trinajstić information content (AvgIpc) is 2.32. The summed E-state index contributed by atoms with van der Waals surface area (Å²) in [4.78, 5) is 16.1. The van der Waals surface area contributed by atoms with Crippen LogP contribution in [0.1, 0.15) is 44.9 Å². The summed E-state index contributed by atoms with van der Waals surface area (Å²) in [7, 11) is 0. The standard InChI is InChI=1S/C13H20ClN3O/c14-13-15-9-8-11(17-13)12(18)16-10-6-4-2-1-3-5-7-10/h8-11H,1-7H2,(H,15,17)(H,16,18). The summed E-state index contributed by atoms with van der Waals surface area (Å²) in [5.74, 6) is -0.0449. The maximum Gasteiger partial charge on any atom is 0.249 e. The van der Waals surface area contributed by atoms with E-state index in [2.05, 4.69) is 15.6 Å². The van der Waals surface area contributed by atoms with Crippen molar-refractivity contribution in [3.63, 3.8) is 0 Å². The second kappa shape index (κ2) is 6.78. The maximum atomic E-state index is 12.1. The van der Waals surface area contributed by atoms with Crippen molar-refractivity contribution in [3.8, 4) is 0 Å². The molecule has 0 aromatic rings. The van der Waals surface area contributed by atoms with E-state index in [9.17, 15) is 4.79 Å². The number of halogens is 1. The molecule has 1 atom stereocenters. The number of hydrogen-bond donors (Lipinski definition) is 2. The van der Waals surface area contributed by atoms with Crippen LogP contribution < -0.4 is 10.6 Å². The minimum atomic E-state index is -0.482. The largest absolute Gasteiger partial charge is 0.351 e. The highest BCUT2D eigenvalue weighted by Gasteiger charge is 2.21. The van der Waals surface area contributed by atoms with E-state index in [4.69, 9.17) is 11.6 Å². The van der Waals surface area contributed by atoms with E-state index < -0.39 is 6.04 Å². The molecule has 0 radical (unpaired) electrons. The molecule has 100 valence electrons. The van der Waals surface area contributed by atoms with E-state index in [-0.39, 0.29) is 11.2 Å². The quantitative estimate of drug-likeness (QED) is 0.756. The molecule has 0 spiro atoms. The zero-order valence-corrected chi connectivity index (χ0v) is 11.2. The Balaban J connectivity index is 1.85. The molecule has 0 aromatic heterocycles. The van der Waals surface area contributed by atoms with E-state index in [1.54, 1.807) is 12.3 Å². The minimum absolute atomic E-state index is 0.0449. The predicted molar refractivity (Wildman–Crippen MR) is 73.6 cm³/mol. The highest BCUT2D eigenvalue weighted by atomic mass is 35.5. The predicted octanol–water partition coefficient (Wildman–Crippen LogP) is 2.30. The molecule has 4 nitrogen and oxygen atoms in total. The van der Waals surface area contributed by atoms with Crippen LogP contribution in [0.5, 0.6) is 0 Å². The van der Waals surface area contributed by atoms with Gasteiger partial charge < -0.3 is 10.6 Å². The molecule has 2 rings (SSSR count). The van der Waals surface area contributed by atoms with Crippen molar-refractivity contribution in [1.29, 1.82) is 0 Å². The SMILES string of the molecule is O=C(NC1CCCCCCC1)C1C=CNC(Cl)=N1. The minimum Gasteiger partial charge on any atom is -0.351 e. The topological polar surface area (TPSA) is 53.5 Å². The van der Waals surface area contributed by atoms with Gasteiger partial charge in [0.05, 0.1) is 0 Å². The Morgan fingerprint density at radius 2 is 1.94 bits per heavy atom. The molecular weight excluding hydrogens is 250 g/mol. The number of amidine groups is 1. The molecule has 1 aliphatic heterocycles. The van der Waals surface area contributed by atoms with Crippen LogP contribution in [0, 0.1) is 0 Å². The monoisotopic (exact) mass is 269 g/mol. The van der Waals surface area contributed by atoms with Crippen LogP contribution in [0.4, 0.5) is 0 Å². The van der Waals surface area contributed by atoms with Gasteiger partial charge in [-0.15, -0.1) is 0 Å². The molecule has 1 unspecified atom stereocenters. The van der Waals surface area contributed by atoms with Gasteiger partial charge in [0.2, 0.25) is 5.91 Å². The number of hydrogen-bond acceptors (Lipinski definition) is 3. The van der Waals surface area contributed by atoms with E-state index in [0.717, 1.165) is 12.8 Å². The van der Waals surface area contributed by atoms with Gasteiger partial charge in [-0.1, -0.05) is 32.1 Å². The van der Waals surface area contributed by atoms with Gasteiger partial charge in [0.15, 0.2) is 11.3 Å². The second-order valence-electron chi connectivity index (χ2n) is 4.92. The van der Waals surface area contributed by atoms with Gasteiger partial charge in [-0.3, -0.25) is 4.79 Å². The molecule has 2 aliphatic rings. The molecule has 5 heteroatoms. The van der Waals surface area contributed by atoms with E-state index in [0.29, 0.717) is 6.04 Å². The first-order chi connectivity index (χ1) is 8.75. The Morgan fingerprint density at radius 3 is 2.61 bits per heavy atom. The number of nitrogens with one attached hydrogen (secondary N) is 2. The number of carbonyl (C=O) groups excluding carboxylic acids is 1. The maximum absolute atomic E-state index is 12.1. The van der Waals surface area contributed by atoms with Crippen LogP contribution in [-0.4, -0.2) is 23.3 Å². The number of amides is 1. The highest BCUT2D eigenvalue weighted by Crippen LogP contribution is 2.17. The van der Waals surface area contributed by atoms with Crippen molar-refractivity contribution in [3.05, 3.63) is 12.3 Å². The number of carbonyl (C=O) groups is 1. The molecule has 1 heterocycles. The lowest BCUT2D eigenvalue weighted by molar-refractivity contribution is -0.122. The fourth-order valence-electron chi connectivity index (χ4n) is 2.44. The van der Waals surface area contributed by atoms with Gasteiger partial charge in [0, 0.05) is 12.2 Å². The third-order valence-corrected chi connectivity index (χ3v) is 3.66. The summed E-state index contributed by atoms with van der Waals surface area (Å²) >= 11 is 5.75. The van der Waals surface area contributed by atoms with Crippen molar-refractivity contribution in [2.45, 2.75) is 57.0 Å². The Labute approximate surface area is 113 Å². The van der Waals surface area contributed by atoms with Gasteiger partial charge in [0.25, 0.3) is 0 Å². The average molecular weight is 270 g/mol. The van der Waals surface area contributed by atoms with Crippen LogP contribution in [0.3, 0.4) is 0 Å². The molecule has 1 aliphatic carbocycles. The lowest BCUT2D eigenvalue weighted by atomic mass is 9.96. The van der Waals surface area contributed by atoms with Crippen molar-refractivity contribution in [1.82, 2.24) is 10.6 Å². The summed E-state index contributed by atoms with van der Waals surface area (Å²) in [6, 6.07) is -0.181. The molecule has 1 saturated carbocycles. The summed E-state index contributed by atoms with van der Waals surface area (Å²) < 4.78 is 0. The van der Waals surface area contributed by atoms with E-state index >= 15 is 0 Å². The first kappa shape index (κ1) is 13.4. The Kier molecular flexibility index (Phi) is 5.05. The molecule has 0 saturated heterocycles. The van der Waals surface area contributed by atoms with Gasteiger partial charge in [-0.25, -0.2) is 4.99 Å². The summed E-state index contributed by atoms with van der Waals surface area (Å²) in [6.07, 6.45) is 11.9. The van der Waals surface area contributed by atoms with E-state index in [1.807, 2.05) is 0 Å². The number of rotatable bonds is 2. The summed E-state index contributed by atoms with van der Waals surface area (Å²) in [5.41, 5.74) is 0. The number of nitrogens with zero attached hydrogens (tertiary/aromatic N) is 1. The zero-order valence-electron chi connectivity index (χ0n) is 10.5. The van der Waals surface area contributed by atoms with Crippen molar-refractivity contribution in [2.75, 3.05) is 0 Å². The van der Waals surface area contributed by atoms with Crippen molar-refractivity contribution in [2.24, 2.45) is 4.99 Å². The van der Waals surface area contributed by atoms with Crippen LogP contribution in [0.25, 0.3) is 0 Å². The Hall–Kier alpha value is -1.03.